The standard InChI is InChI=1S/C15H15ClFN3O/c1-3-15(2,6-7-18)9-13-19-14(20-21-13)11-5-4-10(17)8-12(11)16/h4-5,8H,3,6,9H2,1-2H3. The maximum atomic E-state index is 13.0. The molecule has 1 atom stereocenters. The zero-order chi connectivity index (χ0) is 15.5. The molecule has 0 bridgehead atoms. The largest absolute Gasteiger partial charge is 0.339 e. The highest BCUT2D eigenvalue weighted by atomic mass is 35.5. The molecule has 0 saturated carbocycles. The number of hydrogen-bond acceptors (Lipinski definition) is 4. The first kappa shape index (κ1) is 15.5. The molecule has 6 heteroatoms. The monoisotopic (exact) mass is 307 g/mol. The Morgan fingerprint density at radius 1 is 1.48 bits per heavy atom. The van der Waals surface area contributed by atoms with Crippen molar-refractivity contribution in [3.8, 4) is 17.5 Å². The lowest BCUT2D eigenvalue weighted by Crippen LogP contribution is -2.18. The Morgan fingerprint density at radius 3 is 2.86 bits per heavy atom. The van der Waals surface area contributed by atoms with Crippen molar-refractivity contribution in [1.29, 1.82) is 5.26 Å². The van der Waals surface area contributed by atoms with Crippen LogP contribution in [0.2, 0.25) is 5.02 Å². The lowest BCUT2D eigenvalue weighted by molar-refractivity contribution is 0.266. The molecule has 0 fully saturated rings. The van der Waals surface area contributed by atoms with Crippen molar-refractivity contribution in [2.24, 2.45) is 5.41 Å². The summed E-state index contributed by atoms with van der Waals surface area (Å²) in [5.74, 6) is 0.357. The molecule has 0 saturated heterocycles. The third-order valence-electron chi connectivity index (χ3n) is 3.58. The summed E-state index contributed by atoms with van der Waals surface area (Å²) in [5.41, 5.74) is 0.317. The predicted octanol–water partition coefficient (Wildman–Crippen LogP) is 4.40. The van der Waals surface area contributed by atoms with Crippen LogP contribution in [0.25, 0.3) is 11.4 Å². The maximum absolute atomic E-state index is 13.0. The van der Waals surface area contributed by atoms with E-state index in [-0.39, 0.29) is 10.4 Å². The molecule has 1 unspecified atom stereocenters. The van der Waals surface area contributed by atoms with Gasteiger partial charge in [0.05, 0.1) is 11.1 Å². The average Bonchev–Trinajstić information content (AvgIpc) is 2.87. The van der Waals surface area contributed by atoms with Crippen molar-refractivity contribution in [2.75, 3.05) is 0 Å². The van der Waals surface area contributed by atoms with Crippen LogP contribution in [0.1, 0.15) is 32.6 Å². The Kier molecular flexibility index (Phi) is 4.59. The molecule has 0 amide bonds. The van der Waals surface area contributed by atoms with Gasteiger partial charge in [-0.05, 0) is 30.0 Å². The SMILES string of the molecule is CCC(C)(CC#N)Cc1nc(-c2ccc(F)cc2Cl)no1. The molecule has 0 N–H and O–H groups in total. The minimum Gasteiger partial charge on any atom is -0.339 e. The van der Waals surface area contributed by atoms with Gasteiger partial charge in [0.2, 0.25) is 11.7 Å². The van der Waals surface area contributed by atoms with E-state index in [0.29, 0.717) is 30.1 Å². The van der Waals surface area contributed by atoms with Crippen molar-refractivity contribution >= 4 is 11.6 Å². The predicted molar refractivity (Wildman–Crippen MR) is 77.0 cm³/mol. The van der Waals surface area contributed by atoms with Gasteiger partial charge in [0.25, 0.3) is 0 Å². The molecule has 21 heavy (non-hydrogen) atoms. The van der Waals surface area contributed by atoms with E-state index in [2.05, 4.69) is 16.2 Å². The van der Waals surface area contributed by atoms with Gasteiger partial charge in [-0.15, -0.1) is 0 Å². The van der Waals surface area contributed by atoms with Crippen LogP contribution in [-0.4, -0.2) is 10.1 Å². The zero-order valence-corrected chi connectivity index (χ0v) is 12.6. The highest BCUT2D eigenvalue weighted by Crippen LogP contribution is 2.31. The van der Waals surface area contributed by atoms with E-state index in [1.54, 1.807) is 0 Å². The molecule has 0 spiro atoms. The van der Waals surface area contributed by atoms with Crippen molar-refractivity contribution in [3.05, 3.63) is 34.9 Å². The number of benzene rings is 1. The summed E-state index contributed by atoms with van der Waals surface area (Å²) in [6.45, 7) is 4.02. The summed E-state index contributed by atoms with van der Waals surface area (Å²) in [6.07, 6.45) is 1.76. The van der Waals surface area contributed by atoms with Crippen molar-refractivity contribution in [3.63, 3.8) is 0 Å². The molecule has 1 aromatic carbocycles. The molecule has 1 heterocycles. The van der Waals surface area contributed by atoms with Gasteiger partial charge >= 0.3 is 0 Å². The van der Waals surface area contributed by atoms with Gasteiger partial charge in [0.1, 0.15) is 5.82 Å². The Hall–Kier alpha value is -1.93. The van der Waals surface area contributed by atoms with Gasteiger partial charge in [-0.3, -0.25) is 0 Å². The second-order valence-corrected chi connectivity index (χ2v) is 5.72. The molecule has 0 aliphatic heterocycles. The van der Waals surface area contributed by atoms with Crippen molar-refractivity contribution in [1.82, 2.24) is 10.1 Å². The summed E-state index contributed by atoms with van der Waals surface area (Å²) in [6, 6.07) is 6.20. The van der Waals surface area contributed by atoms with Crippen LogP contribution in [0.4, 0.5) is 4.39 Å². The number of halogens is 2. The van der Waals surface area contributed by atoms with Crippen LogP contribution >= 0.6 is 11.6 Å². The molecular formula is C15H15ClFN3O. The number of rotatable bonds is 5. The van der Waals surface area contributed by atoms with E-state index < -0.39 is 5.82 Å². The first-order chi connectivity index (χ1) is 9.97. The van der Waals surface area contributed by atoms with Gasteiger partial charge in [-0.1, -0.05) is 30.6 Å². The molecule has 1 aromatic heterocycles. The number of nitriles is 1. The average molecular weight is 308 g/mol. The normalized spacial score (nSPS) is 13.7. The van der Waals surface area contributed by atoms with Crippen molar-refractivity contribution < 1.29 is 8.91 Å². The lowest BCUT2D eigenvalue weighted by Gasteiger charge is -2.22. The van der Waals surface area contributed by atoms with Crippen LogP contribution in [0.15, 0.2) is 22.7 Å². The molecule has 0 aliphatic rings. The number of aromatic nitrogens is 2. The fourth-order valence-electron chi connectivity index (χ4n) is 1.98. The number of hydrogen-bond donors (Lipinski definition) is 0. The van der Waals surface area contributed by atoms with Crippen molar-refractivity contribution in [2.45, 2.75) is 33.1 Å². The lowest BCUT2D eigenvalue weighted by atomic mass is 9.81. The Bertz CT molecular complexity index is 680. The Balaban J connectivity index is 2.24. The van der Waals surface area contributed by atoms with E-state index in [4.69, 9.17) is 21.4 Å². The molecule has 2 rings (SSSR count). The smallest absolute Gasteiger partial charge is 0.227 e. The third kappa shape index (κ3) is 3.59. The van der Waals surface area contributed by atoms with Crippen LogP contribution in [0.3, 0.4) is 0 Å². The Labute approximate surface area is 127 Å². The summed E-state index contributed by atoms with van der Waals surface area (Å²) in [7, 11) is 0. The minimum absolute atomic E-state index is 0.203. The molecule has 110 valence electrons. The highest BCUT2D eigenvalue weighted by molar-refractivity contribution is 6.33. The summed E-state index contributed by atoms with van der Waals surface area (Å²) < 4.78 is 18.3. The fourth-order valence-corrected chi connectivity index (χ4v) is 2.23. The quantitative estimate of drug-likeness (QED) is 0.821. The summed E-state index contributed by atoms with van der Waals surface area (Å²) in [4.78, 5) is 4.29. The summed E-state index contributed by atoms with van der Waals surface area (Å²) in [5, 5.41) is 13.0. The van der Waals surface area contributed by atoms with Gasteiger partial charge < -0.3 is 4.52 Å². The van der Waals surface area contributed by atoms with E-state index in [1.807, 2.05) is 13.8 Å². The number of nitrogens with zero attached hydrogens (tertiary/aromatic N) is 3. The van der Waals surface area contributed by atoms with E-state index >= 15 is 0 Å². The minimum atomic E-state index is -0.417. The topological polar surface area (TPSA) is 62.7 Å². The van der Waals surface area contributed by atoms with Crippen LogP contribution in [0, 0.1) is 22.6 Å². The van der Waals surface area contributed by atoms with Crippen LogP contribution in [0.5, 0.6) is 0 Å². The van der Waals surface area contributed by atoms with E-state index in [9.17, 15) is 4.39 Å². The first-order valence-corrected chi connectivity index (χ1v) is 7.00. The van der Waals surface area contributed by atoms with Crippen LogP contribution < -0.4 is 0 Å². The van der Waals surface area contributed by atoms with Gasteiger partial charge in [-0.2, -0.15) is 10.2 Å². The second-order valence-electron chi connectivity index (χ2n) is 5.31. The molecule has 0 aliphatic carbocycles. The molecule has 2 aromatic rings. The second kappa shape index (κ2) is 6.23. The van der Waals surface area contributed by atoms with E-state index in [0.717, 1.165) is 6.42 Å². The van der Waals surface area contributed by atoms with Gasteiger partial charge in [-0.25, -0.2) is 4.39 Å². The van der Waals surface area contributed by atoms with Crippen LogP contribution in [-0.2, 0) is 6.42 Å². The first-order valence-electron chi connectivity index (χ1n) is 6.62. The van der Waals surface area contributed by atoms with E-state index in [1.165, 1.54) is 18.2 Å². The maximum Gasteiger partial charge on any atom is 0.227 e. The Morgan fingerprint density at radius 2 is 2.24 bits per heavy atom. The zero-order valence-electron chi connectivity index (χ0n) is 11.9. The molecule has 0 radical (unpaired) electrons. The third-order valence-corrected chi connectivity index (χ3v) is 3.89. The highest BCUT2D eigenvalue weighted by Gasteiger charge is 2.26. The van der Waals surface area contributed by atoms with Gasteiger partial charge in [0.15, 0.2) is 0 Å². The molecular weight excluding hydrogens is 293 g/mol. The fraction of sp³-hybridized carbons (Fsp3) is 0.400. The summed E-state index contributed by atoms with van der Waals surface area (Å²) >= 11 is 5.98. The molecule has 4 nitrogen and oxygen atoms in total. The van der Waals surface area contributed by atoms with Gasteiger partial charge in [0, 0.05) is 18.4 Å².